The molecule has 0 aromatic carbocycles. The van der Waals surface area contributed by atoms with Gasteiger partial charge in [-0.25, -0.2) is 4.98 Å². The van der Waals surface area contributed by atoms with Crippen molar-refractivity contribution in [2.45, 2.75) is 31.0 Å². The molecular formula is C12H17N5O5. The van der Waals surface area contributed by atoms with Gasteiger partial charge in [0, 0.05) is 0 Å². The van der Waals surface area contributed by atoms with Crippen LogP contribution in [-0.4, -0.2) is 66.4 Å². The van der Waals surface area contributed by atoms with E-state index in [0.29, 0.717) is 11.2 Å². The first kappa shape index (κ1) is 14.9. The maximum Gasteiger partial charge on any atom is 0.246 e. The topological polar surface area (TPSA) is 149 Å². The summed E-state index contributed by atoms with van der Waals surface area (Å²) in [7, 11) is 1.42. The fraction of sp³-hybridized carbons (Fsp3) is 0.583. The van der Waals surface area contributed by atoms with Gasteiger partial charge >= 0.3 is 0 Å². The fourth-order valence-corrected chi connectivity index (χ4v) is 2.61. The van der Waals surface area contributed by atoms with Crippen molar-refractivity contribution in [3.8, 4) is 5.88 Å². The van der Waals surface area contributed by atoms with Gasteiger partial charge in [0.15, 0.2) is 17.4 Å². The molecule has 120 valence electrons. The predicted molar refractivity (Wildman–Crippen MR) is 73.9 cm³/mol. The zero-order valence-corrected chi connectivity index (χ0v) is 12.0. The Balaban J connectivity index is 2.13. The maximum absolute atomic E-state index is 10.5. The number of ether oxygens (including phenoxy) is 2. The molecule has 3 unspecified atom stereocenters. The zero-order chi connectivity index (χ0) is 16.1. The molecule has 0 radical (unpaired) electrons. The van der Waals surface area contributed by atoms with Crippen molar-refractivity contribution in [3.63, 3.8) is 0 Å². The molecule has 0 spiro atoms. The van der Waals surface area contributed by atoms with Gasteiger partial charge in [0.05, 0.1) is 20.0 Å². The summed E-state index contributed by atoms with van der Waals surface area (Å²) in [4.78, 5) is 12.1. The quantitative estimate of drug-likeness (QED) is 0.526. The highest BCUT2D eigenvalue weighted by Gasteiger charge is 2.53. The summed E-state index contributed by atoms with van der Waals surface area (Å²) in [5.41, 5.74) is 4.63. The summed E-state index contributed by atoms with van der Waals surface area (Å²) < 4.78 is 12.1. The number of aliphatic hydroxyl groups is 3. The average Bonchev–Trinajstić information content (AvgIpc) is 2.98. The first-order valence-corrected chi connectivity index (χ1v) is 6.61. The van der Waals surface area contributed by atoms with Crippen LogP contribution in [0.2, 0.25) is 0 Å². The smallest absolute Gasteiger partial charge is 0.246 e. The number of rotatable bonds is 3. The number of anilines is 1. The number of fused-ring (bicyclic) bond motifs is 1. The Labute approximate surface area is 125 Å². The lowest BCUT2D eigenvalue weighted by atomic mass is 9.96. The normalized spacial score (nSPS) is 31.8. The third-order valence-electron chi connectivity index (χ3n) is 3.79. The molecule has 2 aromatic heterocycles. The summed E-state index contributed by atoms with van der Waals surface area (Å²) in [6.45, 7) is 0.979. The van der Waals surface area contributed by atoms with Gasteiger partial charge in [0.2, 0.25) is 11.8 Å². The molecule has 4 atom stereocenters. The molecule has 0 saturated carbocycles. The maximum atomic E-state index is 10.5. The lowest BCUT2D eigenvalue weighted by molar-refractivity contribution is -0.0950. The molecule has 2 aromatic rings. The second-order valence-corrected chi connectivity index (χ2v) is 5.30. The molecule has 3 rings (SSSR count). The molecule has 0 aliphatic carbocycles. The molecule has 22 heavy (non-hydrogen) atoms. The van der Waals surface area contributed by atoms with Crippen molar-refractivity contribution in [1.82, 2.24) is 19.5 Å². The Morgan fingerprint density at radius 2 is 2.23 bits per heavy atom. The lowest BCUT2D eigenvalue weighted by Gasteiger charge is -2.27. The number of hydrogen-bond acceptors (Lipinski definition) is 9. The van der Waals surface area contributed by atoms with Crippen LogP contribution in [-0.2, 0) is 4.74 Å². The summed E-state index contributed by atoms with van der Waals surface area (Å²) >= 11 is 0. The van der Waals surface area contributed by atoms with Crippen LogP contribution in [0.4, 0.5) is 5.95 Å². The van der Waals surface area contributed by atoms with Crippen molar-refractivity contribution in [2.75, 3.05) is 19.5 Å². The summed E-state index contributed by atoms with van der Waals surface area (Å²) in [6, 6.07) is 0. The Morgan fingerprint density at radius 3 is 2.82 bits per heavy atom. The van der Waals surface area contributed by atoms with Gasteiger partial charge in [-0.05, 0) is 6.92 Å². The molecule has 0 amide bonds. The van der Waals surface area contributed by atoms with E-state index >= 15 is 0 Å². The minimum absolute atomic E-state index is 0.0250. The lowest BCUT2D eigenvalue weighted by Crippen LogP contribution is -2.44. The van der Waals surface area contributed by atoms with E-state index in [9.17, 15) is 15.3 Å². The number of nitrogens with zero attached hydrogens (tertiary/aromatic N) is 4. The van der Waals surface area contributed by atoms with Gasteiger partial charge in [-0.3, -0.25) is 4.57 Å². The van der Waals surface area contributed by atoms with E-state index in [-0.39, 0.29) is 11.8 Å². The summed E-state index contributed by atoms with van der Waals surface area (Å²) in [5, 5.41) is 29.8. The molecule has 1 aliphatic rings. The van der Waals surface area contributed by atoms with Crippen LogP contribution in [0, 0.1) is 0 Å². The number of hydrogen-bond donors (Lipinski definition) is 4. The van der Waals surface area contributed by atoms with Gasteiger partial charge in [-0.2, -0.15) is 9.97 Å². The van der Waals surface area contributed by atoms with Crippen LogP contribution < -0.4 is 10.5 Å². The number of methoxy groups -OCH3 is 1. The minimum atomic E-state index is -1.64. The average molecular weight is 311 g/mol. The number of nitrogen functional groups attached to an aromatic ring is 1. The highest BCUT2D eigenvalue weighted by atomic mass is 16.6. The van der Waals surface area contributed by atoms with Gasteiger partial charge < -0.3 is 30.5 Å². The third-order valence-corrected chi connectivity index (χ3v) is 3.79. The van der Waals surface area contributed by atoms with Crippen molar-refractivity contribution in [1.29, 1.82) is 0 Å². The second-order valence-electron chi connectivity index (χ2n) is 5.30. The number of imidazole rings is 1. The Kier molecular flexibility index (Phi) is 3.40. The van der Waals surface area contributed by atoms with E-state index < -0.39 is 30.6 Å². The fourth-order valence-electron chi connectivity index (χ4n) is 2.61. The van der Waals surface area contributed by atoms with Crippen LogP contribution in [0.3, 0.4) is 0 Å². The third kappa shape index (κ3) is 2.00. The zero-order valence-electron chi connectivity index (χ0n) is 12.0. The van der Waals surface area contributed by atoms with E-state index in [1.165, 1.54) is 24.9 Å². The van der Waals surface area contributed by atoms with Crippen LogP contribution in [0.15, 0.2) is 6.33 Å². The van der Waals surface area contributed by atoms with E-state index in [0.717, 1.165) is 0 Å². The van der Waals surface area contributed by atoms with Crippen molar-refractivity contribution >= 4 is 17.1 Å². The second kappa shape index (κ2) is 5.02. The standard InChI is InChI=1S/C12H17N5O5/c1-12(20)7(19)5(3-18)22-10(12)17-4-14-6-8(17)15-11(13)16-9(6)21-2/h4-5,7,10,18-20H,3H2,1-2H3,(H2,13,15,16)/t5-,7?,10?,12?/m1/s1. The largest absolute Gasteiger partial charge is 0.479 e. The molecule has 10 heteroatoms. The predicted octanol–water partition coefficient (Wildman–Crippen LogP) is -1.58. The van der Waals surface area contributed by atoms with Crippen molar-refractivity contribution < 1.29 is 24.8 Å². The summed E-state index contributed by atoms with van der Waals surface area (Å²) in [6.07, 6.45) is -1.80. The van der Waals surface area contributed by atoms with Crippen molar-refractivity contribution in [2.24, 2.45) is 0 Å². The summed E-state index contributed by atoms with van der Waals surface area (Å²) in [5.74, 6) is 0.168. The minimum Gasteiger partial charge on any atom is -0.479 e. The Morgan fingerprint density at radius 1 is 1.50 bits per heavy atom. The number of aliphatic hydroxyl groups excluding tert-OH is 2. The van der Waals surface area contributed by atoms with Gasteiger partial charge in [0.1, 0.15) is 17.8 Å². The molecule has 1 saturated heterocycles. The van der Waals surface area contributed by atoms with Crippen LogP contribution >= 0.6 is 0 Å². The first-order valence-electron chi connectivity index (χ1n) is 6.61. The van der Waals surface area contributed by atoms with Gasteiger partial charge in [-0.15, -0.1) is 0 Å². The molecule has 10 nitrogen and oxygen atoms in total. The molecule has 1 fully saturated rings. The highest BCUT2D eigenvalue weighted by Crippen LogP contribution is 2.39. The monoisotopic (exact) mass is 311 g/mol. The van der Waals surface area contributed by atoms with Crippen LogP contribution in [0.5, 0.6) is 5.88 Å². The Hall–Kier alpha value is -2.01. The van der Waals surface area contributed by atoms with Gasteiger partial charge in [-0.1, -0.05) is 0 Å². The number of nitrogens with two attached hydrogens (primary N) is 1. The van der Waals surface area contributed by atoms with Crippen molar-refractivity contribution in [3.05, 3.63) is 6.33 Å². The molecule has 5 N–H and O–H groups in total. The Bertz CT molecular complexity index is 703. The SMILES string of the molecule is COc1nc(N)nc2c1ncn2C1O[C@H](CO)C(O)C1(C)O. The highest BCUT2D eigenvalue weighted by molar-refractivity contribution is 5.77. The van der Waals surface area contributed by atoms with E-state index in [4.69, 9.17) is 15.2 Å². The molecular weight excluding hydrogens is 294 g/mol. The molecule has 3 heterocycles. The van der Waals surface area contributed by atoms with Crippen LogP contribution in [0.1, 0.15) is 13.2 Å². The number of aromatic nitrogens is 4. The van der Waals surface area contributed by atoms with Gasteiger partial charge in [0.25, 0.3) is 0 Å². The van der Waals surface area contributed by atoms with E-state index in [1.807, 2.05) is 0 Å². The molecule has 0 bridgehead atoms. The van der Waals surface area contributed by atoms with Crippen LogP contribution in [0.25, 0.3) is 11.2 Å². The first-order chi connectivity index (χ1) is 10.4. The van der Waals surface area contributed by atoms with E-state index in [1.54, 1.807) is 0 Å². The van der Waals surface area contributed by atoms with E-state index in [2.05, 4.69) is 15.0 Å². The molecule has 1 aliphatic heterocycles.